The van der Waals surface area contributed by atoms with Gasteiger partial charge in [0.2, 0.25) is 5.82 Å². The van der Waals surface area contributed by atoms with Gasteiger partial charge in [-0.2, -0.15) is 4.39 Å². The first kappa shape index (κ1) is 14.6. The maximum Gasteiger partial charge on any atom is 0.305 e. The molecule has 0 amide bonds. The standard InChI is InChI=1S/C14H17FN2O3/c1-10(18)11-5-3-7-16(8-11)9-12-4-2-6-13(14(12)15)17(19)20/h2,4,6,11H,3,5,7-9H2,1H3. The van der Waals surface area contributed by atoms with Crippen LogP contribution in [0.2, 0.25) is 0 Å². The fraction of sp³-hybridized carbons (Fsp3) is 0.500. The lowest BCUT2D eigenvalue weighted by Crippen LogP contribution is -2.37. The second-order valence-electron chi connectivity index (χ2n) is 5.19. The van der Waals surface area contributed by atoms with Gasteiger partial charge in [-0.1, -0.05) is 12.1 Å². The number of piperidine rings is 1. The third-order valence-electron chi connectivity index (χ3n) is 3.73. The van der Waals surface area contributed by atoms with Gasteiger partial charge >= 0.3 is 5.69 Å². The molecule has 2 rings (SSSR count). The first-order valence-electron chi connectivity index (χ1n) is 6.63. The van der Waals surface area contributed by atoms with E-state index in [-0.39, 0.29) is 11.7 Å². The Labute approximate surface area is 116 Å². The van der Waals surface area contributed by atoms with Crippen LogP contribution in [0, 0.1) is 21.8 Å². The average molecular weight is 280 g/mol. The van der Waals surface area contributed by atoms with Crippen LogP contribution in [-0.4, -0.2) is 28.7 Å². The number of carbonyl (C=O) groups is 1. The molecule has 1 aliphatic rings. The van der Waals surface area contributed by atoms with Crippen LogP contribution in [0.1, 0.15) is 25.3 Å². The van der Waals surface area contributed by atoms with Crippen molar-refractivity contribution in [3.63, 3.8) is 0 Å². The van der Waals surface area contributed by atoms with Gasteiger partial charge in [0.25, 0.3) is 0 Å². The normalized spacial score (nSPS) is 19.8. The second kappa shape index (κ2) is 6.09. The molecule has 1 saturated heterocycles. The van der Waals surface area contributed by atoms with E-state index in [1.165, 1.54) is 6.07 Å². The number of Topliss-reactive ketones (excluding diaryl/α,β-unsaturated/α-hetero) is 1. The lowest BCUT2D eigenvalue weighted by atomic mass is 9.94. The molecule has 0 aliphatic carbocycles. The molecule has 0 aromatic heterocycles. The van der Waals surface area contributed by atoms with E-state index >= 15 is 0 Å². The van der Waals surface area contributed by atoms with E-state index in [9.17, 15) is 19.3 Å². The van der Waals surface area contributed by atoms with E-state index in [0.29, 0.717) is 18.7 Å². The lowest BCUT2D eigenvalue weighted by Gasteiger charge is -2.31. The molecule has 1 unspecified atom stereocenters. The van der Waals surface area contributed by atoms with E-state index in [2.05, 4.69) is 0 Å². The topological polar surface area (TPSA) is 63.5 Å². The maximum atomic E-state index is 14.0. The van der Waals surface area contributed by atoms with Gasteiger partial charge in [0, 0.05) is 30.6 Å². The maximum absolute atomic E-state index is 14.0. The molecule has 5 nitrogen and oxygen atoms in total. The number of rotatable bonds is 4. The minimum absolute atomic E-state index is 0.00879. The van der Waals surface area contributed by atoms with Crippen molar-refractivity contribution < 1.29 is 14.1 Å². The van der Waals surface area contributed by atoms with Crippen molar-refractivity contribution in [1.82, 2.24) is 4.90 Å². The smallest absolute Gasteiger partial charge is 0.300 e. The second-order valence-corrected chi connectivity index (χ2v) is 5.19. The van der Waals surface area contributed by atoms with Gasteiger partial charge in [-0.15, -0.1) is 0 Å². The third kappa shape index (κ3) is 3.19. The van der Waals surface area contributed by atoms with Crippen molar-refractivity contribution in [2.24, 2.45) is 5.92 Å². The number of benzene rings is 1. The Kier molecular flexibility index (Phi) is 4.44. The third-order valence-corrected chi connectivity index (χ3v) is 3.73. The van der Waals surface area contributed by atoms with Crippen molar-refractivity contribution in [3.8, 4) is 0 Å². The molecule has 0 bridgehead atoms. The van der Waals surface area contributed by atoms with Gasteiger partial charge in [0.1, 0.15) is 5.78 Å². The van der Waals surface area contributed by atoms with Gasteiger partial charge in [-0.3, -0.25) is 19.8 Å². The van der Waals surface area contributed by atoms with Crippen molar-refractivity contribution in [3.05, 3.63) is 39.7 Å². The van der Waals surface area contributed by atoms with Crippen LogP contribution in [-0.2, 0) is 11.3 Å². The van der Waals surface area contributed by atoms with E-state index in [1.807, 2.05) is 4.90 Å². The number of hydrogen-bond acceptors (Lipinski definition) is 4. The summed E-state index contributed by atoms with van der Waals surface area (Å²) in [6.45, 7) is 3.25. The summed E-state index contributed by atoms with van der Waals surface area (Å²) in [6, 6.07) is 4.20. The summed E-state index contributed by atoms with van der Waals surface area (Å²) in [5, 5.41) is 10.7. The molecule has 1 atom stereocenters. The average Bonchev–Trinajstić information content (AvgIpc) is 2.41. The molecule has 1 aromatic carbocycles. The molecular weight excluding hydrogens is 263 g/mol. The summed E-state index contributed by atoms with van der Waals surface area (Å²) in [5.41, 5.74) is -0.189. The zero-order valence-electron chi connectivity index (χ0n) is 11.3. The lowest BCUT2D eigenvalue weighted by molar-refractivity contribution is -0.387. The van der Waals surface area contributed by atoms with E-state index in [4.69, 9.17) is 0 Å². The summed E-state index contributed by atoms with van der Waals surface area (Å²) in [5.74, 6) is -0.637. The van der Waals surface area contributed by atoms with Crippen molar-refractivity contribution in [2.75, 3.05) is 13.1 Å². The summed E-state index contributed by atoms with van der Waals surface area (Å²) >= 11 is 0. The first-order chi connectivity index (χ1) is 9.49. The predicted octanol–water partition coefficient (Wildman–Crippen LogP) is 2.53. The molecule has 108 valence electrons. The number of nitrogens with zero attached hydrogens (tertiary/aromatic N) is 2. The predicted molar refractivity (Wildman–Crippen MR) is 71.7 cm³/mol. The van der Waals surface area contributed by atoms with Gasteiger partial charge < -0.3 is 0 Å². The van der Waals surface area contributed by atoms with Gasteiger partial charge in [-0.25, -0.2) is 0 Å². The molecule has 6 heteroatoms. The molecule has 0 spiro atoms. The van der Waals surface area contributed by atoms with Crippen LogP contribution in [0.5, 0.6) is 0 Å². The van der Waals surface area contributed by atoms with Crippen LogP contribution < -0.4 is 0 Å². The molecule has 1 aromatic rings. The van der Waals surface area contributed by atoms with Crippen molar-refractivity contribution >= 4 is 11.5 Å². The zero-order valence-corrected chi connectivity index (χ0v) is 11.3. The first-order valence-corrected chi connectivity index (χ1v) is 6.63. The summed E-state index contributed by atoms with van der Waals surface area (Å²) in [7, 11) is 0. The van der Waals surface area contributed by atoms with Crippen LogP contribution >= 0.6 is 0 Å². The highest BCUT2D eigenvalue weighted by Crippen LogP contribution is 2.24. The number of halogens is 1. The monoisotopic (exact) mass is 280 g/mol. The Bertz CT molecular complexity index is 533. The quantitative estimate of drug-likeness (QED) is 0.628. The molecule has 0 radical (unpaired) electrons. The molecule has 1 heterocycles. The van der Waals surface area contributed by atoms with E-state index in [1.54, 1.807) is 13.0 Å². The Morgan fingerprint density at radius 2 is 2.30 bits per heavy atom. The molecule has 20 heavy (non-hydrogen) atoms. The summed E-state index contributed by atoms with van der Waals surface area (Å²) in [6.07, 6.45) is 1.75. The fourth-order valence-electron chi connectivity index (χ4n) is 2.60. The summed E-state index contributed by atoms with van der Waals surface area (Å²) in [4.78, 5) is 23.4. The van der Waals surface area contributed by atoms with E-state index in [0.717, 1.165) is 25.5 Å². The van der Waals surface area contributed by atoms with Crippen LogP contribution in [0.3, 0.4) is 0 Å². The van der Waals surface area contributed by atoms with Crippen LogP contribution in [0.25, 0.3) is 0 Å². The zero-order chi connectivity index (χ0) is 14.7. The largest absolute Gasteiger partial charge is 0.305 e. The number of nitro benzene ring substituents is 1. The highest BCUT2D eigenvalue weighted by atomic mass is 19.1. The molecule has 0 saturated carbocycles. The number of likely N-dealkylation sites (tertiary alicyclic amines) is 1. The van der Waals surface area contributed by atoms with Crippen molar-refractivity contribution in [1.29, 1.82) is 0 Å². The number of carbonyl (C=O) groups excluding carboxylic acids is 1. The van der Waals surface area contributed by atoms with Crippen LogP contribution in [0.15, 0.2) is 18.2 Å². The number of ketones is 1. The SMILES string of the molecule is CC(=O)C1CCCN(Cc2cccc([N+](=O)[O-])c2F)C1. The highest BCUT2D eigenvalue weighted by Gasteiger charge is 2.25. The Hall–Kier alpha value is -1.82. The Balaban J connectivity index is 2.12. The Morgan fingerprint density at radius 3 is 2.95 bits per heavy atom. The van der Waals surface area contributed by atoms with E-state index < -0.39 is 16.4 Å². The molecule has 1 fully saturated rings. The van der Waals surface area contributed by atoms with Crippen LogP contribution in [0.4, 0.5) is 10.1 Å². The number of nitro groups is 1. The van der Waals surface area contributed by atoms with Crippen molar-refractivity contribution in [2.45, 2.75) is 26.3 Å². The summed E-state index contributed by atoms with van der Waals surface area (Å²) < 4.78 is 14.0. The van der Waals surface area contributed by atoms with Gasteiger partial charge in [-0.05, 0) is 26.3 Å². The highest BCUT2D eigenvalue weighted by molar-refractivity contribution is 5.78. The molecule has 0 N–H and O–H groups in total. The minimum Gasteiger partial charge on any atom is -0.300 e. The Morgan fingerprint density at radius 1 is 1.55 bits per heavy atom. The van der Waals surface area contributed by atoms with Gasteiger partial charge in [0.15, 0.2) is 0 Å². The minimum atomic E-state index is -0.776. The molecular formula is C14H17FN2O3. The molecule has 1 aliphatic heterocycles. The number of hydrogen-bond donors (Lipinski definition) is 0. The van der Waals surface area contributed by atoms with Gasteiger partial charge in [0.05, 0.1) is 4.92 Å². The fourth-order valence-corrected chi connectivity index (χ4v) is 2.60.